The van der Waals surface area contributed by atoms with Crippen LogP contribution in [0.4, 0.5) is 16.2 Å². The van der Waals surface area contributed by atoms with E-state index < -0.39 is 5.37 Å². The molecule has 2 nitrogen and oxygen atoms in total. The average molecular weight is 246 g/mol. The second-order valence-corrected chi connectivity index (χ2v) is 4.08. The minimum atomic E-state index is -0.514. The largest absolute Gasteiger partial charge is 0.325 e. The number of anilines is 2. The minimum absolute atomic E-state index is 0.514. The first-order chi connectivity index (χ1) is 8.18. The van der Waals surface area contributed by atoms with Crippen molar-refractivity contribution in [1.29, 1.82) is 0 Å². The Morgan fingerprint density at radius 3 is 2.00 bits per heavy atom. The molecule has 2 aromatic carbocycles. The van der Waals surface area contributed by atoms with Gasteiger partial charge in [0.25, 0.3) is 0 Å². The number of carbonyl (C=O) groups excluding carboxylic acids is 1. The summed E-state index contributed by atoms with van der Waals surface area (Å²) < 4.78 is 0. The first kappa shape index (κ1) is 11.7. The molecule has 86 valence electrons. The number of para-hydroxylation sites is 1. The Morgan fingerprint density at radius 2 is 1.47 bits per heavy atom. The highest BCUT2D eigenvalue weighted by Gasteiger charge is 2.14. The summed E-state index contributed by atoms with van der Waals surface area (Å²) in [7, 11) is 0. The number of nitrogens with zero attached hydrogens (tertiary/aromatic N) is 1. The van der Waals surface area contributed by atoms with E-state index in [0.29, 0.717) is 0 Å². The van der Waals surface area contributed by atoms with Crippen molar-refractivity contribution in [1.82, 2.24) is 0 Å². The van der Waals surface area contributed by atoms with Crippen molar-refractivity contribution in [3.63, 3.8) is 0 Å². The average Bonchev–Trinajstić information content (AvgIpc) is 2.33. The molecule has 2 rings (SSSR count). The second kappa shape index (κ2) is 5.02. The van der Waals surface area contributed by atoms with Gasteiger partial charge in [0.15, 0.2) is 0 Å². The molecule has 17 heavy (non-hydrogen) atoms. The van der Waals surface area contributed by atoms with Crippen molar-refractivity contribution < 1.29 is 4.79 Å². The van der Waals surface area contributed by atoms with Gasteiger partial charge in [0, 0.05) is 0 Å². The lowest BCUT2D eigenvalue weighted by atomic mass is 10.2. The molecule has 0 heterocycles. The van der Waals surface area contributed by atoms with Crippen molar-refractivity contribution in [2.45, 2.75) is 6.92 Å². The van der Waals surface area contributed by atoms with E-state index in [1.807, 2.05) is 61.5 Å². The third-order valence-electron chi connectivity index (χ3n) is 2.48. The summed E-state index contributed by atoms with van der Waals surface area (Å²) in [5.74, 6) is 0. The van der Waals surface area contributed by atoms with Gasteiger partial charge in [-0.3, -0.25) is 9.69 Å². The van der Waals surface area contributed by atoms with Crippen molar-refractivity contribution in [2.75, 3.05) is 4.90 Å². The molecule has 0 spiro atoms. The number of benzene rings is 2. The lowest BCUT2D eigenvalue weighted by Gasteiger charge is -2.19. The Kier molecular flexibility index (Phi) is 3.45. The van der Waals surface area contributed by atoms with E-state index in [0.717, 1.165) is 16.9 Å². The highest BCUT2D eigenvalue weighted by atomic mass is 35.5. The van der Waals surface area contributed by atoms with E-state index in [1.54, 1.807) is 0 Å². The molecule has 0 saturated heterocycles. The molecule has 0 aliphatic carbocycles. The molecule has 2 aromatic rings. The monoisotopic (exact) mass is 245 g/mol. The summed E-state index contributed by atoms with van der Waals surface area (Å²) in [6.45, 7) is 2.00. The number of hydrogen-bond donors (Lipinski definition) is 0. The van der Waals surface area contributed by atoms with E-state index in [1.165, 1.54) is 4.90 Å². The molecule has 1 amide bonds. The van der Waals surface area contributed by atoms with Gasteiger partial charge in [-0.1, -0.05) is 35.9 Å². The highest BCUT2D eigenvalue weighted by molar-refractivity contribution is 6.66. The second-order valence-electron chi connectivity index (χ2n) is 3.76. The van der Waals surface area contributed by atoms with Crippen LogP contribution in [-0.2, 0) is 0 Å². The van der Waals surface area contributed by atoms with E-state index in [9.17, 15) is 4.79 Å². The minimum Gasteiger partial charge on any atom is -0.268 e. The number of rotatable bonds is 2. The molecule has 0 bridgehead atoms. The van der Waals surface area contributed by atoms with Crippen molar-refractivity contribution in [2.24, 2.45) is 0 Å². The van der Waals surface area contributed by atoms with Crippen LogP contribution in [0, 0.1) is 6.92 Å². The summed E-state index contributed by atoms with van der Waals surface area (Å²) in [5, 5.41) is -0.514. The van der Waals surface area contributed by atoms with Crippen LogP contribution in [0.1, 0.15) is 5.56 Å². The van der Waals surface area contributed by atoms with Gasteiger partial charge in [-0.05, 0) is 42.8 Å². The number of hydrogen-bond acceptors (Lipinski definition) is 1. The molecule has 0 radical (unpaired) electrons. The van der Waals surface area contributed by atoms with Gasteiger partial charge in [-0.15, -0.1) is 0 Å². The number of amides is 1. The molecule has 0 atom stereocenters. The predicted molar refractivity (Wildman–Crippen MR) is 71.0 cm³/mol. The zero-order valence-electron chi connectivity index (χ0n) is 9.43. The third kappa shape index (κ3) is 2.66. The molecular formula is C14H12ClNO. The van der Waals surface area contributed by atoms with Crippen LogP contribution in [0.3, 0.4) is 0 Å². The maximum atomic E-state index is 11.5. The van der Waals surface area contributed by atoms with Gasteiger partial charge >= 0.3 is 5.37 Å². The Morgan fingerprint density at radius 1 is 0.941 bits per heavy atom. The van der Waals surface area contributed by atoms with Gasteiger partial charge in [-0.2, -0.15) is 0 Å². The SMILES string of the molecule is Cc1ccc(N(C(=O)Cl)c2ccccc2)cc1. The van der Waals surface area contributed by atoms with Gasteiger partial charge in [-0.25, -0.2) is 0 Å². The Bertz CT molecular complexity index is 508. The van der Waals surface area contributed by atoms with Crippen LogP contribution in [-0.4, -0.2) is 5.37 Å². The zero-order chi connectivity index (χ0) is 12.3. The number of aryl methyl sites for hydroxylation is 1. The topological polar surface area (TPSA) is 20.3 Å². The van der Waals surface area contributed by atoms with Crippen LogP contribution in [0.25, 0.3) is 0 Å². The Labute approximate surface area is 105 Å². The summed E-state index contributed by atoms with van der Waals surface area (Å²) in [6.07, 6.45) is 0. The van der Waals surface area contributed by atoms with Crippen LogP contribution < -0.4 is 4.90 Å². The lowest BCUT2D eigenvalue weighted by molar-refractivity contribution is 0.266. The first-order valence-electron chi connectivity index (χ1n) is 5.30. The predicted octanol–water partition coefficient (Wildman–Crippen LogP) is 4.49. The molecule has 0 fully saturated rings. The summed E-state index contributed by atoms with van der Waals surface area (Å²) in [5.41, 5.74) is 2.67. The molecule has 0 N–H and O–H groups in total. The van der Waals surface area contributed by atoms with Gasteiger partial charge in [0.1, 0.15) is 0 Å². The molecule has 0 unspecified atom stereocenters. The van der Waals surface area contributed by atoms with E-state index in [2.05, 4.69) is 0 Å². The van der Waals surface area contributed by atoms with Crippen molar-refractivity contribution in [3.05, 3.63) is 60.2 Å². The fourth-order valence-electron chi connectivity index (χ4n) is 1.62. The van der Waals surface area contributed by atoms with E-state index in [4.69, 9.17) is 11.6 Å². The van der Waals surface area contributed by atoms with Crippen molar-refractivity contribution >= 4 is 28.3 Å². The Balaban J connectivity index is 2.43. The molecule has 0 aliphatic heterocycles. The molecule has 3 heteroatoms. The Hall–Kier alpha value is -1.80. The summed E-state index contributed by atoms with van der Waals surface area (Å²) in [6, 6.07) is 17.0. The standard InChI is InChI=1S/C14H12ClNO/c1-11-7-9-13(10-8-11)16(14(15)17)12-5-3-2-4-6-12/h2-10H,1H3. The first-order valence-corrected chi connectivity index (χ1v) is 5.67. The van der Waals surface area contributed by atoms with Crippen LogP contribution in [0.5, 0.6) is 0 Å². The van der Waals surface area contributed by atoms with Gasteiger partial charge in [0.2, 0.25) is 0 Å². The molecule has 0 aromatic heterocycles. The maximum absolute atomic E-state index is 11.5. The fourth-order valence-corrected chi connectivity index (χ4v) is 1.82. The quantitative estimate of drug-likeness (QED) is 0.564. The zero-order valence-corrected chi connectivity index (χ0v) is 10.2. The van der Waals surface area contributed by atoms with Crippen LogP contribution in [0.2, 0.25) is 0 Å². The van der Waals surface area contributed by atoms with E-state index >= 15 is 0 Å². The van der Waals surface area contributed by atoms with Gasteiger partial charge < -0.3 is 0 Å². The van der Waals surface area contributed by atoms with Crippen molar-refractivity contribution in [3.8, 4) is 0 Å². The fraction of sp³-hybridized carbons (Fsp3) is 0.0714. The molecule has 0 aliphatic rings. The maximum Gasteiger partial charge on any atom is 0.325 e. The molecular weight excluding hydrogens is 234 g/mol. The van der Waals surface area contributed by atoms with Gasteiger partial charge in [0.05, 0.1) is 11.4 Å². The van der Waals surface area contributed by atoms with Crippen LogP contribution >= 0.6 is 11.6 Å². The highest BCUT2D eigenvalue weighted by Crippen LogP contribution is 2.26. The van der Waals surface area contributed by atoms with Crippen LogP contribution in [0.15, 0.2) is 54.6 Å². The smallest absolute Gasteiger partial charge is 0.268 e. The van der Waals surface area contributed by atoms with E-state index in [-0.39, 0.29) is 0 Å². The third-order valence-corrected chi connectivity index (χ3v) is 2.65. The normalized spacial score (nSPS) is 10.0. The molecule has 0 saturated carbocycles. The summed E-state index contributed by atoms with van der Waals surface area (Å²) in [4.78, 5) is 13.0. The number of halogens is 1. The number of carbonyl (C=O) groups is 1. The summed E-state index contributed by atoms with van der Waals surface area (Å²) >= 11 is 5.64. The lowest BCUT2D eigenvalue weighted by Crippen LogP contribution is -2.19.